The highest BCUT2D eigenvalue weighted by Gasteiger charge is 2.27. The van der Waals surface area contributed by atoms with Crippen LogP contribution in [0.25, 0.3) is 10.6 Å². The number of nitrogens with zero attached hydrogens (tertiary/aromatic N) is 4. The van der Waals surface area contributed by atoms with Gasteiger partial charge in [-0.15, -0.1) is 10.2 Å². The van der Waals surface area contributed by atoms with Crippen LogP contribution in [0.3, 0.4) is 0 Å². The van der Waals surface area contributed by atoms with Crippen molar-refractivity contribution in [3.8, 4) is 10.6 Å². The van der Waals surface area contributed by atoms with Crippen molar-refractivity contribution in [1.82, 2.24) is 15.1 Å². The fraction of sp³-hybridized carbons (Fsp3) is 0.579. The predicted molar refractivity (Wildman–Crippen MR) is 105 cm³/mol. The van der Waals surface area contributed by atoms with E-state index < -0.39 is 0 Å². The number of anilines is 2. The first-order chi connectivity index (χ1) is 12.2. The van der Waals surface area contributed by atoms with Gasteiger partial charge < -0.3 is 10.6 Å². The summed E-state index contributed by atoms with van der Waals surface area (Å²) in [7, 11) is 0. The van der Waals surface area contributed by atoms with Gasteiger partial charge in [-0.1, -0.05) is 18.3 Å². The topological polar surface area (TPSA) is 58.3 Å². The SMILES string of the molecule is C[C@H]1CC[C@@H](N2CCN(c3ccc(-c4nnc(N)s4)cc3)CC2)CC1. The zero-order valence-electron chi connectivity index (χ0n) is 14.9. The van der Waals surface area contributed by atoms with Crippen LogP contribution in [0.4, 0.5) is 10.8 Å². The number of hydrogen-bond donors (Lipinski definition) is 1. The maximum absolute atomic E-state index is 5.68. The first kappa shape index (κ1) is 16.8. The van der Waals surface area contributed by atoms with Gasteiger partial charge in [0.1, 0.15) is 5.01 Å². The third-order valence-electron chi connectivity index (χ3n) is 5.74. The average Bonchev–Trinajstić information content (AvgIpc) is 3.09. The van der Waals surface area contributed by atoms with Crippen LogP contribution in [-0.2, 0) is 0 Å². The maximum atomic E-state index is 5.68. The molecule has 2 N–H and O–H groups in total. The standard InChI is InChI=1S/C19H27N5S/c1-14-2-6-16(7-3-14)23-10-12-24(13-11-23)17-8-4-15(5-9-17)18-21-22-19(20)25-18/h4-5,8-9,14,16H,2-3,6-7,10-13H2,1H3,(H2,20,22)/t14-,16+. The molecule has 1 saturated carbocycles. The van der Waals surface area contributed by atoms with Crippen LogP contribution in [0.5, 0.6) is 0 Å². The maximum Gasteiger partial charge on any atom is 0.203 e. The van der Waals surface area contributed by atoms with Gasteiger partial charge in [0, 0.05) is 43.5 Å². The molecule has 1 aliphatic heterocycles. The van der Waals surface area contributed by atoms with E-state index in [4.69, 9.17) is 5.73 Å². The molecule has 1 aromatic carbocycles. The molecule has 1 aromatic heterocycles. The minimum atomic E-state index is 0.521. The third-order valence-corrected chi connectivity index (χ3v) is 6.54. The highest BCUT2D eigenvalue weighted by Crippen LogP contribution is 2.30. The summed E-state index contributed by atoms with van der Waals surface area (Å²) < 4.78 is 0. The van der Waals surface area contributed by atoms with E-state index in [2.05, 4.69) is 51.2 Å². The Morgan fingerprint density at radius 2 is 1.64 bits per heavy atom. The van der Waals surface area contributed by atoms with Gasteiger partial charge in [0.15, 0.2) is 0 Å². The van der Waals surface area contributed by atoms with Crippen LogP contribution in [0.15, 0.2) is 24.3 Å². The van der Waals surface area contributed by atoms with Gasteiger partial charge in [0.25, 0.3) is 0 Å². The molecule has 5 nitrogen and oxygen atoms in total. The largest absolute Gasteiger partial charge is 0.374 e. The Hall–Kier alpha value is -1.66. The van der Waals surface area contributed by atoms with Crippen molar-refractivity contribution in [2.45, 2.75) is 38.6 Å². The van der Waals surface area contributed by atoms with Crippen LogP contribution in [-0.4, -0.2) is 47.3 Å². The summed E-state index contributed by atoms with van der Waals surface area (Å²) in [5.74, 6) is 0.930. The Balaban J connectivity index is 1.34. The van der Waals surface area contributed by atoms with Crippen LogP contribution >= 0.6 is 11.3 Å². The molecule has 0 amide bonds. The Bertz CT molecular complexity index is 682. The van der Waals surface area contributed by atoms with E-state index in [9.17, 15) is 0 Å². The molecule has 2 heterocycles. The Morgan fingerprint density at radius 3 is 2.24 bits per heavy atom. The lowest BCUT2D eigenvalue weighted by molar-refractivity contribution is 0.133. The van der Waals surface area contributed by atoms with E-state index in [1.807, 2.05) is 0 Å². The van der Waals surface area contributed by atoms with Gasteiger partial charge in [0.2, 0.25) is 5.13 Å². The highest BCUT2D eigenvalue weighted by atomic mass is 32.1. The number of aromatic nitrogens is 2. The summed E-state index contributed by atoms with van der Waals surface area (Å²) in [5, 5.41) is 9.42. The van der Waals surface area contributed by atoms with Gasteiger partial charge >= 0.3 is 0 Å². The normalized spacial score (nSPS) is 25.2. The molecule has 0 unspecified atom stereocenters. The molecular weight excluding hydrogens is 330 g/mol. The number of hydrogen-bond acceptors (Lipinski definition) is 6. The number of nitrogen functional groups attached to an aromatic ring is 1. The van der Waals surface area contributed by atoms with Crippen molar-refractivity contribution in [2.24, 2.45) is 5.92 Å². The first-order valence-corrected chi connectivity index (χ1v) is 10.2. The molecule has 2 aromatic rings. The van der Waals surface area contributed by atoms with Crippen molar-refractivity contribution < 1.29 is 0 Å². The molecule has 0 radical (unpaired) electrons. The van der Waals surface area contributed by atoms with E-state index in [1.54, 1.807) is 0 Å². The Labute approximate surface area is 153 Å². The van der Waals surface area contributed by atoms with Crippen LogP contribution < -0.4 is 10.6 Å². The number of piperazine rings is 1. The Kier molecular flexibility index (Phi) is 4.90. The number of nitrogens with two attached hydrogens (primary N) is 1. The summed E-state index contributed by atoms with van der Waals surface area (Å²) in [4.78, 5) is 5.22. The summed E-state index contributed by atoms with van der Waals surface area (Å²) in [6, 6.07) is 9.48. The van der Waals surface area contributed by atoms with Gasteiger partial charge in [-0.25, -0.2) is 0 Å². The zero-order chi connectivity index (χ0) is 17.2. The van der Waals surface area contributed by atoms with E-state index in [1.165, 1.54) is 55.8 Å². The number of benzene rings is 1. The fourth-order valence-electron chi connectivity index (χ4n) is 4.12. The van der Waals surface area contributed by atoms with Crippen LogP contribution in [0.1, 0.15) is 32.6 Å². The molecule has 0 spiro atoms. The van der Waals surface area contributed by atoms with Crippen LogP contribution in [0.2, 0.25) is 0 Å². The molecule has 134 valence electrons. The minimum Gasteiger partial charge on any atom is -0.374 e. The van der Waals surface area contributed by atoms with Crippen molar-refractivity contribution >= 4 is 22.2 Å². The van der Waals surface area contributed by atoms with Gasteiger partial charge in [-0.2, -0.15) is 0 Å². The zero-order valence-corrected chi connectivity index (χ0v) is 15.7. The molecule has 0 atom stereocenters. The quantitative estimate of drug-likeness (QED) is 0.911. The second-order valence-corrected chi connectivity index (χ2v) is 8.44. The van der Waals surface area contributed by atoms with Crippen LogP contribution in [0, 0.1) is 5.92 Å². The molecule has 1 aliphatic carbocycles. The van der Waals surface area contributed by atoms with Gasteiger partial charge in [-0.3, -0.25) is 4.90 Å². The Morgan fingerprint density at radius 1 is 0.960 bits per heavy atom. The van der Waals surface area contributed by atoms with Crippen molar-refractivity contribution in [1.29, 1.82) is 0 Å². The molecule has 2 aliphatic rings. The number of rotatable bonds is 3. The summed E-state index contributed by atoms with van der Waals surface area (Å²) in [6.45, 7) is 7.02. The first-order valence-electron chi connectivity index (χ1n) is 9.37. The highest BCUT2D eigenvalue weighted by molar-refractivity contribution is 7.18. The van der Waals surface area contributed by atoms with E-state index in [0.29, 0.717) is 5.13 Å². The molecule has 4 rings (SSSR count). The lowest BCUT2D eigenvalue weighted by Gasteiger charge is -2.42. The fourth-order valence-corrected chi connectivity index (χ4v) is 4.73. The van der Waals surface area contributed by atoms with E-state index in [-0.39, 0.29) is 0 Å². The molecular formula is C19H27N5S. The molecule has 2 fully saturated rings. The van der Waals surface area contributed by atoms with Crippen molar-refractivity contribution in [3.05, 3.63) is 24.3 Å². The summed E-state index contributed by atoms with van der Waals surface area (Å²) in [5.41, 5.74) is 8.07. The van der Waals surface area contributed by atoms with Crippen molar-refractivity contribution in [2.75, 3.05) is 36.8 Å². The average molecular weight is 358 g/mol. The minimum absolute atomic E-state index is 0.521. The predicted octanol–water partition coefficient (Wildman–Crippen LogP) is 3.49. The smallest absolute Gasteiger partial charge is 0.203 e. The molecule has 25 heavy (non-hydrogen) atoms. The lowest BCUT2D eigenvalue weighted by atomic mass is 9.86. The second kappa shape index (κ2) is 7.30. The summed E-state index contributed by atoms with van der Waals surface area (Å²) in [6.07, 6.45) is 5.59. The molecule has 0 bridgehead atoms. The van der Waals surface area contributed by atoms with Crippen molar-refractivity contribution in [3.63, 3.8) is 0 Å². The molecule has 1 saturated heterocycles. The summed E-state index contributed by atoms with van der Waals surface area (Å²) >= 11 is 1.43. The van der Waals surface area contributed by atoms with Gasteiger partial charge in [-0.05, 0) is 55.9 Å². The molecule has 6 heteroatoms. The second-order valence-electron chi connectivity index (χ2n) is 7.43. The van der Waals surface area contributed by atoms with Gasteiger partial charge in [0.05, 0.1) is 0 Å². The van der Waals surface area contributed by atoms with E-state index in [0.717, 1.165) is 35.6 Å². The lowest BCUT2D eigenvalue weighted by Crippen LogP contribution is -2.51. The third kappa shape index (κ3) is 3.80. The monoisotopic (exact) mass is 357 g/mol. The van der Waals surface area contributed by atoms with E-state index >= 15 is 0 Å².